The molecular formula is C16H21N3O3. The first-order chi connectivity index (χ1) is 10.6. The molecule has 1 heterocycles. The lowest BCUT2D eigenvalue weighted by Crippen LogP contribution is -2.46. The lowest BCUT2D eigenvalue weighted by Gasteiger charge is -2.32. The van der Waals surface area contributed by atoms with Crippen molar-refractivity contribution in [2.75, 3.05) is 38.0 Å². The molecular weight excluding hydrogens is 282 g/mol. The molecule has 1 aliphatic heterocycles. The van der Waals surface area contributed by atoms with Gasteiger partial charge in [0.25, 0.3) is 0 Å². The first kappa shape index (κ1) is 16.2. The van der Waals surface area contributed by atoms with Gasteiger partial charge < -0.3 is 10.2 Å². The van der Waals surface area contributed by atoms with E-state index in [1.807, 2.05) is 0 Å². The van der Waals surface area contributed by atoms with E-state index in [-0.39, 0.29) is 11.7 Å². The number of carbonyl (C=O) groups excluding carboxylic acids is 3. The third-order valence-corrected chi connectivity index (χ3v) is 3.79. The van der Waals surface area contributed by atoms with Crippen molar-refractivity contribution in [2.45, 2.75) is 13.3 Å². The largest absolute Gasteiger partial charge is 0.343 e. The Labute approximate surface area is 130 Å². The monoisotopic (exact) mass is 303 g/mol. The summed E-state index contributed by atoms with van der Waals surface area (Å²) in [5, 5.41) is 2.82. The van der Waals surface area contributed by atoms with Crippen LogP contribution in [0.1, 0.15) is 23.7 Å². The van der Waals surface area contributed by atoms with Gasteiger partial charge in [-0.1, -0.05) is 0 Å². The fraction of sp³-hybridized carbons (Fsp3) is 0.438. The molecule has 0 aromatic heterocycles. The standard InChI is InChI=1S/C16H21N3O3/c1-13(21)14-2-4-15(5-3-14)17-16(22)6-7-18-8-10-19(12-20)11-9-18/h2-5,12H,6-11H2,1H3,(H,17,22). The second-order valence-corrected chi connectivity index (χ2v) is 5.41. The van der Waals surface area contributed by atoms with Crippen LogP contribution in [0.2, 0.25) is 0 Å². The smallest absolute Gasteiger partial charge is 0.225 e. The Morgan fingerprint density at radius 2 is 1.77 bits per heavy atom. The zero-order valence-corrected chi connectivity index (χ0v) is 12.7. The van der Waals surface area contributed by atoms with Crippen LogP contribution in [0.4, 0.5) is 5.69 Å². The Balaban J connectivity index is 1.74. The highest BCUT2D eigenvalue weighted by Crippen LogP contribution is 2.10. The summed E-state index contributed by atoms with van der Waals surface area (Å²) in [6.45, 7) is 5.25. The van der Waals surface area contributed by atoms with E-state index in [4.69, 9.17) is 0 Å². The molecule has 0 saturated carbocycles. The SMILES string of the molecule is CC(=O)c1ccc(NC(=O)CCN2CCN(C=O)CC2)cc1. The van der Waals surface area contributed by atoms with Crippen LogP contribution < -0.4 is 5.32 Å². The van der Waals surface area contributed by atoms with Crippen molar-refractivity contribution in [1.82, 2.24) is 9.80 Å². The molecule has 6 nitrogen and oxygen atoms in total. The molecule has 1 saturated heterocycles. The van der Waals surface area contributed by atoms with Crippen molar-refractivity contribution in [3.8, 4) is 0 Å². The summed E-state index contributed by atoms with van der Waals surface area (Å²) in [7, 11) is 0. The van der Waals surface area contributed by atoms with E-state index >= 15 is 0 Å². The number of anilines is 1. The van der Waals surface area contributed by atoms with Crippen molar-refractivity contribution >= 4 is 23.8 Å². The Bertz CT molecular complexity index is 534. The van der Waals surface area contributed by atoms with E-state index in [0.29, 0.717) is 24.2 Å². The highest BCUT2D eigenvalue weighted by atomic mass is 16.2. The Morgan fingerprint density at radius 3 is 2.32 bits per heavy atom. The van der Waals surface area contributed by atoms with Crippen LogP contribution in [0, 0.1) is 0 Å². The molecule has 1 aliphatic rings. The van der Waals surface area contributed by atoms with Crippen LogP contribution in [0.5, 0.6) is 0 Å². The molecule has 2 amide bonds. The van der Waals surface area contributed by atoms with Gasteiger partial charge in [-0.25, -0.2) is 0 Å². The second-order valence-electron chi connectivity index (χ2n) is 5.41. The minimum atomic E-state index is -0.0478. The summed E-state index contributed by atoms with van der Waals surface area (Å²) in [6, 6.07) is 6.88. The molecule has 1 fully saturated rings. The van der Waals surface area contributed by atoms with E-state index < -0.39 is 0 Å². The fourth-order valence-electron chi connectivity index (χ4n) is 2.36. The zero-order chi connectivity index (χ0) is 15.9. The minimum Gasteiger partial charge on any atom is -0.343 e. The van der Waals surface area contributed by atoms with E-state index in [0.717, 1.165) is 32.6 Å². The molecule has 0 aliphatic carbocycles. The van der Waals surface area contributed by atoms with Crippen LogP contribution in [-0.2, 0) is 9.59 Å². The number of hydrogen-bond acceptors (Lipinski definition) is 4. The van der Waals surface area contributed by atoms with Gasteiger partial charge in [0.1, 0.15) is 0 Å². The van der Waals surface area contributed by atoms with Crippen molar-refractivity contribution in [3.63, 3.8) is 0 Å². The number of nitrogens with one attached hydrogen (secondary N) is 1. The number of hydrogen-bond donors (Lipinski definition) is 1. The number of carbonyl (C=O) groups is 3. The van der Waals surface area contributed by atoms with Crippen LogP contribution in [0.3, 0.4) is 0 Å². The average Bonchev–Trinajstić information content (AvgIpc) is 2.54. The van der Waals surface area contributed by atoms with Gasteiger partial charge in [-0.05, 0) is 31.2 Å². The molecule has 2 rings (SSSR count). The molecule has 0 spiro atoms. The molecule has 0 radical (unpaired) electrons. The predicted molar refractivity (Wildman–Crippen MR) is 83.8 cm³/mol. The van der Waals surface area contributed by atoms with Gasteiger partial charge in [0, 0.05) is 50.4 Å². The zero-order valence-electron chi connectivity index (χ0n) is 12.7. The van der Waals surface area contributed by atoms with Gasteiger partial charge in [-0.3, -0.25) is 19.3 Å². The number of nitrogens with zero attached hydrogens (tertiary/aromatic N) is 2. The molecule has 1 N–H and O–H groups in total. The Morgan fingerprint density at radius 1 is 1.14 bits per heavy atom. The maximum atomic E-state index is 11.9. The molecule has 0 atom stereocenters. The molecule has 22 heavy (non-hydrogen) atoms. The number of piperazine rings is 1. The maximum absolute atomic E-state index is 11.9. The molecule has 1 aromatic carbocycles. The second kappa shape index (κ2) is 7.70. The van der Waals surface area contributed by atoms with Crippen molar-refractivity contribution in [1.29, 1.82) is 0 Å². The molecule has 0 bridgehead atoms. The van der Waals surface area contributed by atoms with Gasteiger partial charge in [0.05, 0.1) is 0 Å². The van der Waals surface area contributed by atoms with E-state index in [1.54, 1.807) is 29.2 Å². The number of ketones is 1. The highest BCUT2D eigenvalue weighted by molar-refractivity contribution is 5.95. The third-order valence-electron chi connectivity index (χ3n) is 3.79. The van der Waals surface area contributed by atoms with Crippen LogP contribution >= 0.6 is 0 Å². The summed E-state index contributed by atoms with van der Waals surface area (Å²) in [4.78, 5) is 37.7. The number of benzene rings is 1. The number of amides is 2. The first-order valence-corrected chi connectivity index (χ1v) is 7.41. The number of Topliss-reactive ketones (excluding diaryl/α,β-unsaturated/α-hetero) is 1. The average molecular weight is 303 g/mol. The summed E-state index contributed by atoms with van der Waals surface area (Å²) < 4.78 is 0. The summed E-state index contributed by atoms with van der Waals surface area (Å²) in [5.41, 5.74) is 1.33. The minimum absolute atomic E-state index is 0.00680. The lowest BCUT2D eigenvalue weighted by atomic mass is 10.1. The summed E-state index contributed by atoms with van der Waals surface area (Å²) in [5.74, 6) is -0.0410. The summed E-state index contributed by atoms with van der Waals surface area (Å²) in [6.07, 6.45) is 1.28. The normalized spacial score (nSPS) is 15.4. The number of rotatable bonds is 6. The van der Waals surface area contributed by atoms with Gasteiger partial charge >= 0.3 is 0 Å². The fourth-order valence-corrected chi connectivity index (χ4v) is 2.36. The third kappa shape index (κ3) is 4.66. The molecule has 6 heteroatoms. The van der Waals surface area contributed by atoms with Crippen LogP contribution in [0.25, 0.3) is 0 Å². The topological polar surface area (TPSA) is 69.7 Å². The van der Waals surface area contributed by atoms with Gasteiger partial charge in [0.15, 0.2) is 5.78 Å². The maximum Gasteiger partial charge on any atom is 0.225 e. The van der Waals surface area contributed by atoms with E-state index in [2.05, 4.69) is 10.2 Å². The predicted octanol–water partition coefficient (Wildman–Crippen LogP) is 0.992. The van der Waals surface area contributed by atoms with Crippen molar-refractivity contribution < 1.29 is 14.4 Å². The highest BCUT2D eigenvalue weighted by Gasteiger charge is 2.16. The van der Waals surface area contributed by atoms with Crippen LogP contribution in [0.15, 0.2) is 24.3 Å². The lowest BCUT2D eigenvalue weighted by molar-refractivity contribution is -0.120. The molecule has 118 valence electrons. The Kier molecular flexibility index (Phi) is 5.66. The summed E-state index contributed by atoms with van der Waals surface area (Å²) >= 11 is 0. The molecule has 1 aromatic rings. The van der Waals surface area contributed by atoms with Gasteiger partial charge in [0.2, 0.25) is 12.3 Å². The van der Waals surface area contributed by atoms with Crippen molar-refractivity contribution in [3.05, 3.63) is 29.8 Å². The van der Waals surface area contributed by atoms with Crippen LogP contribution in [-0.4, -0.2) is 60.6 Å². The van der Waals surface area contributed by atoms with Gasteiger partial charge in [-0.15, -0.1) is 0 Å². The quantitative estimate of drug-likeness (QED) is 0.628. The first-order valence-electron chi connectivity index (χ1n) is 7.41. The van der Waals surface area contributed by atoms with Crippen molar-refractivity contribution in [2.24, 2.45) is 0 Å². The van der Waals surface area contributed by atoms with E-state index in [1.165, 1.54) is 6.92 Å². The van der Waals surface area contributed by atoms with Gasteiger partial charge in [-0.2, -0.15) is 0 Å². The Hall–Kier alpha value is -2.21. The van der Waals surface area contributed by atoms with E-state index in [9.17, 15) is 14.4 Å². The molecule has 0 unspecified atom stereocenters.